The summed E-state index contributed by atoms with van der Waals surface area (Å²) >= 11 is 2.34. The first-order chi connectivity index (χ1) is 19.5. The van der Waals surface area contributed by atoms with Crippen LogP contribution in [0.15, 0.2) is 0 Å². The third-order valence-corrected chi connectivity index (χ3v) is 7.84. The van der Waals surface area contributed by atoms with Crippen LogP contribution in [0, 0.1) is 5.41 Å². The second-order valence-electron chi connectivity index (χ2n) is 11.8. The topological polar surface area (TPSA) is 39.7 Å². The number of hydrogen-bond acceptors (Lipinski definition) is 4. The molecule has 0 saturated carbocycles. The molecular weight excluding hydrogens is 748 g/mol. The van der Waals surface area contributed by atoms with E-state index in [-0.39, 0.29) is 12.8 Å². The molecule has 1 aliphatic heterocycles. The molecule has 1 aliphatic rings. The number of alkyl halides is 19. The normalized spacial score (nSPS) is 20.1. The zero-order valence-electron chi connectivity index (χ0n) is 23.2. The highest BCUT2D eigenvalue weighted by molar-refractivity contribution is 9.09. The number of hydrogen-bond donors (Lipinski definition) is 1. The maximum Gasteiger partial charge on any atom is 0.435 e. The highest BCUT2D eigenvalue weighted by Gasteiger charge is 2.87. The zero-order chi connectivity index (χ0) is 36.1. The lowest BCUT2D eigenvalue weighted by molar-refractivity contribution is -0.467. The predicted octanol–water partition coefficient (Wildman–Crippen LogP) is 8.58. The molecule has 0 aromatic heterocycles. The first-order valence-corrected chi connectivity index (χ1v) is 13.2. The SMILES string of the molecule is CC1(C)CC(OCC(CBr)(COC(C(F)(F)F)(C(F)(F)F)C(F)(F)F)COC(C(F)(F)F)(C(F)(F)F)C(F)(F)F)CC(C)(C)N1. The molecule has 270 valence electrons. The Labute approximate surface area is 251 Å². The van der Waals surface area contributed by atoms with Gasteiger partial charge < -0.3 is 19.5 Å². The first kappa shape index (κ1) is 42.1. The zero-order valence-corrected chi connectivity index (χ0v) is 24.8. The van der Waals surface area contributed by atoms with Crippen LogP contribution < -0.4 is 5.32 Å². The minimum Gasteiger partial charge on any atom is -0.377 e. The van der Waals surface area contributed by atoms with E-state index < -0.39 is 96.0 Å². The molecule has 0 bridgehead atoms. The summed E-state index contributed by atoms with van der Waals surface area (Å²) in [5, 5.41) is 1.59. The van der Waals surface area contributed by atoms with Crippen molar-refractivity contribution in [3.8, 4) is 0 Å². The largest absolute Gasteiger partial charge is 0.435 e. The molecule has 23 heteroatoms. The molecule has 1 fully saturated rings. The Hall–Kier alpha value is -0.940. The fourth-order valence-electron chi connectivity index (χ4n) is 4.86. The van der Waals surface area contributed by atoms with Crippen molar-refractivity contribution < 1.29 is 93.2 Å². The first-order valence-electron chi connectivity index (χ1n) is 12.1. The van der Waals surface area contributed by atoms with Gasteiger partial charge in [0.15, 0.2) is 0 Å². The molecule has 45 heavy (non-hydrogen) atoms. The van der Waals surface area contributed by atoms with Crippen LogP contribution >= 0.6 is 15.9 Å². The Morgan fingerprint density at radius 1 is 0.533 bits per heavy atom. The van der Waals surface area contributed by atoms with Crippen molar-refractivity contribution in [2.24, 2.45) is 5.41 Å². The van der Waals surface area contributed by atoms with Gasteiger partial charge in [-0.3, -0.25) is 0 Å². The maximum atomic E-state index is 13.4. The lowest BCUT2D eigenvalue weighted by Gasteiger charge is -2.47. The highest BCUT2D eigenvalue weighted by atomic mass is 79.9. The number of halogens is 19. The number of rotatable bonds is 10. The van der Waals surface area contributed by atoms with E-state index in [1.54, 1.807) is 27.7 Å². The van der Waals surface area contributed by atoms with Gasteiger partial charge in [-0.25, -0.2) is 0 Å². The van der Waals surface area contributed by atoms with Crippen LogP contribution in [0.2, 0.25) is 0 Å². The van der Waals surface area contributed by atoms with E-state index in [0.29, 0.717) is 0 Å². The molecular formula is C22H26BrF18NO3. The number of piperidine rings is 1. The molecule has 1 saturated heterocycles. The van der Waals surface area contributed by atoms with E-state index in [0.717, 1.165) is 0 Å². The van der Waals surface area contributed by atoms with Crippen molar-refractivity contribution in [2.45, 2.75) is 106 Å². The van der Waals surface area contributed by atoms with E-state index >= 15 is 0 Å². The molecule has 0 atom stereocenters. The molecule has 0 aromatic carbocycles. The Morgan fingerprint density at radius 2 is 0.800 bits per heavy atom. The van der Waals surface area contributed by atoms with Crippen molar-refractivity contribution in [2.75, 3.05) is 25.2 Å². The van der Waals surface area contributed by atoms with E-state index in [9.17, 15) is 79.0 Å². The minimum absolute atomic E-state index is 0.105. The summed E-state index contributed by atoms with van der Waals surface area (Å²) in [4.78, 5) is 0. The summed E-state index contributed by atoms with van der Waals surface area (Å²) in [6, 6.07) is 0. The molecule has 0 amide bonds. The third kappa shape index (κ3) is 8.57. The Bertz CT molecular complexity index is 852. The smallest absolute Gasteiger partial charge is 0.377 e. The lowest BCUT2D eigenvalue weighted by atomic mass is 9.81. The van der Waals surface area contributed by atoms with Crippen LogP contribution in [0.1, 0.15) is 40.5 Å². The molecule has 0 radical (unpaired) electrons. The predicted molar refractivity (Wildman–Crippen MR) is 120 cm³/mol. The van der Waals surface area contributed by atoms with E-state index in [1.165, 1.54) is 0 Å². The van der Waals surface area contributed by atoms with Crippen LogP contribution in [-0.4, -0.2) is 90.6 Å². The Balaban J connectivity index is 3.81. The summed E-state index contributed by atoms with van der Waals surface area (Å²) in [6.45, 7) is -0.906. The van der Waals surface area contributed by atoms with Gasteiger partial charge >= 0.3 is 48.3 Å². The van der Waals surface area contributed by atoms with Crippen LogP contribution in [0.4, 0.5) is 79.0 Å². The van der Waals surface area contributed by atoms with Gasteiger partial charge in [0.1, 0.15) is 0 Å². The van der Waals surface area contributed by atoms with Crippen LogP contribution in [0.5, 0.6) is 0 Å². The van der Waals surface area contributed by atoms with E-state index in [2.05, 4.69) is 30.7 Å². The fourth-order valence-corrected chi connectivity index (χ4v) is 5.35. The standard InChI is InChI=1S/C22H26BrF18NO3/c1-12(2)5-11(6-13(3,4)42-12)43-8-14(7-23,9-44-15(17(24,25)26,18(27,28)29)19(30,31)32)10-45-16(20(33,34)35,21(36,37)38)22(39,40)41/h11,42H,5-10H2,1-4H3. The molecule has 1 N–H and O–H groups in total. The summed E-state index contributed by atoms with van der Waals surface area (Å²) in [6.07, 6.45) is -45.8. The third-order valence-electron chi connectivity index (χ3n) is 6.65. The maximum absolute atomic E-state index is 13.4. The average molecular weight is 774 g/mol. The summed E-state index contributed by atoms with van der Waals surface area (Å²) < 4.78 is 254. The van der Waals surface area contributed by atoms with Crippen LogP contribution in [-0.2, 0) is 14.2 Å². The summed E-state index contributed by atoms with van der Waals surface area (Å²) in [5.74, 6) is 0. The van der Waals surface area contributed by atoms with Gasteiger partial charge in [0.2, 0.25) is 0 Å². The fraction of sp³-hybridized carbons (Fsp3) is 1.00. The number of nitrogens with one attached hydrogen (secondary N) is 1. The van der Waals surface area contributed by atoms with E-state index in [1.807, 2.05) is 0 Å². The number of ether oxygens (including phenoxy) is 3. The van der Waals surface area contributed by atoms with Crippen molar-refractivity contribution in [1.82, 2.24) is 5.32 Å². The quantitative estimate of drug-likeness (QED) is 0.179. The van der Waals surface area contributed by atoms with Crippen molar-refractivity contribution in [3.63, 3.8) is 0 Å². The summed E-state index contributed by atoms with van der Waals surface area (Å²) in [5.41, 5.74) is -19.3. The van der Waals surface area contributed by atoms with Crippen molar-refractivity contribution >= 4 is 15.9 Å². The second-order valence-corrected chi connectivity index (χ2v) is 12.4. The molecule has 0 aromatic rings. The van der Waals surface area contributed by atoms with E-state index in [4.69, 9.17) is 4.74 Å². The molecule has 0 spiro atoms. The van der Waals surface area contributed by atoms with Crippen molar-refractivity contribution in [1.29, 1.82) is 0 Å². The van der Waals surface area contributed by atoms with Gasteiger partial charge in [-0.15, -0.1) is 0 Å². The van der Waals surface area contributed by atoms with Gasteiger partial charge in [0, 0.05) is 16.4 Å². The minimum atomic E-state index is -7.40. The van der Waals surface area contributed by atoms with Gasteiger partial charge in [0.25, 0.3) is 0 Å². The lowest BCUT2D eigenvalue weighted by Crippen LogP contribution is -2.70. The second kappa shape index (κ2) is 12.5. The Morgan fingerprint density at radius 3 is 1.02 bits per heavy atom. The van der Waals surface area contributed by atoms with Crippen LogP contribution in [0.25, 0.3) is 0 Å². The Kier molecular flexibility index (Phi) is 11.7. The molecule has 1 rings (SSSR count). The van der Waals surface area contributed by atoms with Gasteiger partial charge in [-0.1, -0.05) is 15.9 Å². The monoisotopic (exact) mass is 773 g/mol. The average Bonchev–Trinajstić information content (AvgIpc) is 2.69. The van der Waals surface area contributed by atoms with Gasteiger partial charge in [-0.2, -0.15) is 79.0 Å². The van der Waals surface area contributed by atoms with Gasteiger partial charge in [-0.05, 0) is 40.5 Å². The van der Waals surface area contributed by atoms with Crippen LogP contribution in [0.3, 0.4) is 0 Å². The summed E-state index contributed by atoms with van der Waals surface area (Å²) in [7, 11) is 0. The molecule has 1 heterocycles. The molecule has 0 unspecified atom stereocenters. The highest BCUT2D eigenvalue weighted by Crippen LogP contribution is 2.57. The van der Waals surface area contributed by atoms with Gasteiger partial charge in [0.05, 0.1) is 31.3 Å². The molecule has 0 aliphatic carbocycles. The molecule has 4 nitrogen and oxygen atoms in total. The van der Waals surface area contributed by atoms with Crippen molar-refractivity contribution in [3.05, 3.63) is 0 Å².